The van der Waals surface area contributed by atoms with Gasteiger partial charge in [0, 0.05) is 29.7 Å². The number of guanidine groups is 1. The van der Waals surface area contributed by atoms with Gasteiger partial charge in [-0.2, -0.15) is 0 Å². The standard InChI is InChI=1S/C30H32N4O2S/c1-36-24-9-11-29(12-10-24)17-23-8-7-21(20-5-6-20)16-25(23)30(29)27(35)34(28(31)33-30)18-19-3-2-4-22(15-19)26-32-13-14-37-26/h2-4,7-8,13-16,20,24H,5-6,9-12,17-18H2,1H3,(H2,31,33). The number of hydrogen-bond acceptors (Lipinski definition) is 6. The Hall–Kier alpha value is -3.03. The molecule has 2 spiro atoms. The number of nitrogens with zero attached hydrogens (tertiary/aromatic N) is 3. The number of amides is 1. The minimum absolute atomic E-state index is 0.0345. The van der Waals surface area contributed by atoms with E-state index < -0.39 is 5.54 Å². The lowest BCUT2D eigenvalue weighted by Gasteiger charge is -2.45. The molecular formula is C30H32N4O2S. The molecule has 1 aromatic heterocycles. The van der Waals surface area contributed by atoms with Gasteiger partial charge in [-0.25, -0.2) is 9.98 Å². The number of aromatic nitrogens is 1. The van der Waals surface area contributed by atoms with Crippen LogP contribution in [0, 0.1) is 5.41 Å². The quantitative estimate of drug-likeness (QED) is 0.498. The van der Waals surface area contributed by atoms with Crippen LogP contribution in [0.15, 0.2) is 59.0 Å². The van der Waals surface area contributed by atoms with Gasteiger partial charge in [0.15, 0.2) is 11.5 Å². The molecule has 0 bridgehead atoms. The molecule has 190 valence electrons. The Morgan fingerprint density at radius 2 is 1.97 bits per heavy atom. The molecule has 37 heavy (non-hydrogen) atoms. The summed E-state index contributed by atoms with van der Waals surface area (Å²) in [5.74, 6) is 0.987. The van der Waals surface area contributed by atoms with Crippen LogP contribution in [0.1, 0.15) is 66.7 Å². The van der Waals surface area contributed by atoms with Crippen molar-refractivity contribution in [2.75, 3.05) is 7.11 Å². The van der Waals surface area contributed by atoms with E-state index in [-0.39, 0.29) is 17.4 Å². The van der Waals surface area contributed by atoms with E-state index in [0.29, 0.717) is 18.4 Å². The Morgan fingerprint density at radius 1 is 1.14 bits per heavy atom. The highest BCUT2D eigenvalue weighted by Crippen LogP contribution is 2.62. The number of aliphatic imine (C=N–C) groups is 1. The molecule has 0 saturated heterocycles. The number of methoxy groups -OCH3 is 1. The molecule has 2 N–H and O–H groups in total. The molecule has 1 unspecified atom stereocenters. The van der Waals surface area contributed by atoms with Crippen molar-refractivity contribution >= 4 is 23.2 Å². The minimum atomic E-state index is -0.942. The molecule has 2 fully saturated rings. The Labute approximate surface area is 221 Å². The smallest absolute Gasteiger partial charge is 0.262 e. The van der Waals surface area contributed by atoms with Gasteiger partial charge in [-0.3, -0.25) is 9.69 Å². The second kappa shape index (κ2) is 8.50. The van der Waals surface area contributed by atoms with Gasteiger partial charge in [-0.1, -0.05) is 36.4 Å². The third kappa shape index (κ3) is 3.51. The summed E-state index contributed by atoms with van der Waals surface area (Å²) in [5.41, 5.74) is 11.2. The van der Waals surface area contributed by atoms with E-state index >= 15 is 0 Å². The van der Waals surface area contributed by atoms with Crippen molar-refractivity contribution in [1.82, 2.24) is 9.88 Å². The van der Waals surface area contributed by atoms with E-state index in [0.717, 1.165) is 53.8 Å². The third-order valence-electron chi connectivity index (χ3n) is 9.15. The second-order valence-corrected chi connectivity index (χ2v) is 12.1. The molecule has 2 aromatic carbocycles. The maximum atomic E-state index is 14.6. The maximum Gasteiger partial charge on any atom is 0.262 e. The van der Waals surface area contributed by atoms with Crippen molar-refractivity contribution in [2.24, 2.45) is 16.1 Å². The van der Waals surface area contributed by atoms with Gasteiger partial charge >= 0.3 is 0 Å². The molecule has 3 aromatic rings. The van der Waals surface area contributed by atoms with Crippen molar-refractivity contribution in [1.29, 1.82) is 0 Å². The zero-order chi connectivity index (χ0) is 25.2. The van der Waals surface area contributed by atoms with E-state index in [4.69, 9.17) is 15.5 Å². The molecule has 1 atom stereocenters. The van der Waals surface area contributed by atoms with Crippen LogP contribution in [-0.4, -0.2) is 35.0 Å². The maximum absolute atomic E-state index is 14.6. The highest BCUT2D eigenvalue weighted by atomic mass is 32.1. The van der Waals surface area contributed by atoms with Crippen LogP contribution < -0.4 is 5.73 Å². The molecular weight excluding hydrogens is 480 g/mol. The van der Waals surface area contributed by atoms with Crippen molar-refractivity contribution in [3.05, 3.63) is 76.3 Å². The highest BCUT2D eigenvalue weighted by molar-refractivity contribution is 7.13. The number of nitrogens with two attached hydrogens (primary N) is 1. The largest absolute Gasteiger partial charge is 0.381 e. The normalized spacial score (nSPS) is 28.8. The lowest BCUT2D eigenvalue weighted by molar-refractivity contribution is -0.138. The molecule has 1 amide bonds. The van der Waals surface area contributed by atoms with Crippen LogP contribution in [0.5, 0.6) is 0 Å². The lowest BCUT2D eigenvalue weighted by Crippen LogP contribution is -2.52. The summed E-state index contributed by atoms with van der Waals surface area (Å²) in [6.45, 7) is 0.406. The van der Waals surface area contributed by atoms with Crippen LogP contribution in [-0.2, 0) is 28.0 Å². The van der Waals surface area contributed by atoms with Crippen LogP contribution in [0.25, 0.3) is 10.6 Å². The van der Waals surface area contributed by atoms with Gasteiger partial charge in [-0.05, 0) is 79.2 Å². The predicted molar refractivity (Wildman–Crippen MR) is 145 cm³/mol. The Morgan fingerprint density at radius 3 is 2.70 bits per heavy atom. The van der Waals surface area contributed by atoms with Crippen LogP contribution in [0.4, 0.5) is 0 Å². The Balaban J connectivity index is 1.28. The summed E-state index contributed by atoms with van der Waals surface area (Å²) >= 11 is 1.61. The second-order valence-electron chi connectivity index (χ2n) is 11.2. The molecule has 7 heteroatoms. The fourth-order valence-electron chi connectivity index (χ4n) is 7.06. The summed E-state index contributed by atoms with van der Waals surface area (Å²) in [7, 11) is 1.79. The SMILES string of the molecule is COC1CCC2(CC1)Cc1ccc(C3CC3)cc1C21N=C(N)N(Cc2cccc(-c3nccs3)c2)C1=O. The lowest BCUT2D eigenvalue weighted by atomic mass is 9.61. The van der Waals surface area contributed by atoms with Crippen molar-refractivity contribution < 1.29 is 9.53 Å². The van der Waals surface area contributed by atoms with Gasteiger partial charge in [0.25, 0.3) is 5.91 Å². The van der Waals surface area contributed by atoms with E-state index in [1.54, 1.807) is 23.3 Å². The van der Waals surface area contributed by atoms with E-state index in [1.807, 2.05) is 17.6 Å². The van der Waals surface area contributed by atoms with Crippen LogP contribution in [0.2, 0.25) is 0 Å². The molecule has 6 nitrogen and oxygen atoms in total. The number of fused-ring (bicyclic) bond motifs is 3. The first-order chi connectivity index (χ1) is 18.0. The number of benzene rings is 2. The molecule has 3 aliphatic carbocycles. The van der Waals surface area contributed by atoms with Gasteiger partial charge in [0.05, 0.1) is 12.6 Å². The number of rotatable bonds is 5. The molecule has 7 rings (SSSR count). The zero-order valence-corrected chi connectivity index (χ0v) is 22.0. The first kappa shape index (κ1) is 23.1. The predicted octanol–water partition coefficient (Wildman–Crippen LogP) is 5.37. The van der Waals surface area contributed by atoms with Gasteiger partial charge in [0.1, 0.15) is 5.01 Å². The van der Waals surface area contributed by atoms with E-state index in [1.165, 1.54) is 24.0 Å². The summed E-state index contributed by atoms with van der Waals surface area (Å²) in [4.78, 5) is 26.0. The third-order valence-corrected chi connectivity index (χ3v) is 9.97. The molecule has 1 aliphatic heterocycles. The first-order valence-electron chi connectivity index (χ1n) is 13.4. The van der Waals surface area contributed by atoms with Gasteiger partial charge in [0.2, 0.25) is 0 Å². The monoisotopic (exact) mass is 512 g/mol. The number of carbonyl (C=O) groups is 1. The summed E-state index contributed by atoms with van der Waals surface area (Å²) in [6, 6.07) is 15.1. The van der Waals surface area contributed by atoms with Crippen molar-refractivity contribution in [3.63, 3.8) is 0 Å². The number of ether oxygens (including phenoxy) is 1. The average Bonchev–Trinajstić information content (AvgIpc) is 3.47. The van der Waals surface area contributed by atoms with Crippen molar-refractivity contribution in [3.8, 4) is 10.6 Å². The van der Waals surface area contributed by atoms with Gasteiger partial charge < -0.3 is 10.5 Å². The van der Waals surface area contributed by atoms with Crippen LogP contribution in [0.3, 0.4) is 0 Å². The Bertz CT molecular complexity index is 1390. The average molecular weight is 513 g/mol. The molecule has 0 radical (unpaired) electrons. The molecule has 2 saturated carbocycles. The fourth-order valence-corrected chi connectivity index (χ4v) is 7.69. The minimum Gasteiger partial charge on any atom is -0.381 e. The summed E-state index contributed by atoms with van der Waals surface area (Å²) in [6.07, 6.45) is 9.11. The topological polar surface area (TPSA) is 80.8 Å². The highest BCUT2D eigenvalue weighted by Gasteiger charge is 2.66. The number of carbonyl (C=O) groups excluding carboxylic acids is 1. The first-order valence-corrected chi connectivity index (χ1v) is 14.2. The summed E-state index contributed by atoms with van der Waals surface area (Å²) in [5, 5.41) is 2.95. The number of hydrogen-bond donors (Lipinski definition) is 1. The zero-order valence-electron chi connectivity index (χ0n) is 21.2. The van der Waals surface area contributed by atoms with Crippen LogP contribution >= 0.6 is 11.3 Å². The molecule has 2 heterocycles. The Kier molecular flexibility index (Phi) is 5.31. The van der Waals surface area contributed by atoms with E-state index in [2.05, 4.69) is 41.4 Å². The number of thiazole rings is 1. The van der Waals surface area contributed by atoms with E-state index in [9.17, 15) is 4.79 Å². The fraction of sp³-hybridized carbons (Fsp3) is 0.433. The van der Waals surface area contributed by atoms with Crippen molar-refractivity contribution in [2.45, 2.75) is 69.1 Å². The molecule has 4 aliphatic rings. The summed E-state index contributed by atoms with van der Waals surface area (Å²) < 4.78 is 5.71. The van der Waals surface area contributed by atoms with Gasteiger partial charge in [-0.15, -0.1) is 11.3 Å².